The fourth-order valence-electron chi connectivity index (χ4n) is 3.59. The van der Waals surface area contributed by atoms with Gasteiger partial charge in [-0.2, -0.15) is 0 Å². The molecule has 2 rings (SSSR count). The van der Waals surface area contributed by atoms with E-state index in [1.165, 1.54) is 6.42 Å². The van der Waals surface area contributed by atoms with Crippen LogP contribution in [-0.4, -0.2) is 27.9 Å². The zero-order chi connectivity index (χ0) is 17.0. The third kappa shape index (κ3) is 5.34. The summed E-state index contributed by atoms with van der Waals surface area (Å²) < 4.78 is 5.42. The number of hydrogen-bond donors (Lipinski definition) is 2. The van der Waals surface area contributed by atoms with Crippen LogP contribution >= 0.6 is 0 Å². The molecule has 1 atom stereocenters. The van der Waals surface area contributed by atoms with Crippen LogP contribution in [0, 0.1) is 11.3 Å². The summed E-state index contributed by atoms with van der Waals surface area (Å²) in [7, 11) is 0. The fourth-order valence-corrected chi connectivity index (χ4v) is 3.59. The minimum absolute atomic E-state index is 0.0198. The molecule has 0 aliphatic heterocycles. The van der Waals surface area contributed by atoms with Gasteiger partial charge in [-0.25, -0.2) is 0 Å². The molecule has 130 valence electrons. The lowest BCUT2D eigenvalue weighted by molar-refractivity contribution is -0.137. The molecule has 0 saturated heterocycles. The maximum Gasteiger partial charge on any atom is 0.304 e. The zero-order valence-electron chi connectivity index (χ0n) is 14.4. The van der Waals surface area contributed by atoms with Crippen molar-refractivity contribution >= 4 is 5.97 Å². The van der Waals surface area contributed by atoms with Gasteiger partial charge in [0.2, 0.25) is 0 Å². The summed E-state index contributed by atoms with van der Waals surface area (Å²) in [5.74, 6) is 0.800. The number of hydrogen-bond acceptors (Lipinski definition) is 4. The molecular weight excluding hydrogens is 294 g/mol. The Morgan fingerprint density at radius 1 is 1.43 bits per heavy atom. The molecule has 1 saturated carbocycles. The van der Waals surface area contributed by atoms with Crippen molar-refractivity contribution in [3.05, 3.63) is 17.5 Å². The summed E-state index contributed by atoms with van der Waals surface area (Å²) in [6, 6.07) is 1.93. The number of nitrogens with zero attached hydrogens (tertiary/aromatic N) is 1. The number of aliphatic carboxylic acids is 1. The first kappa shape index (κ1) is 18.0. The molecule has 1 aliphatic rings. The monoisotopic (exact) mass is 323 g/mol. The normalized spacial score (nSPS) is 22.6. The van der Waals surface area contributed by atoms with Gasteiger partial charge in [0.25, 0.3) is 0 Å². The summed E-state index contributed by atoms with van der Waals surface area (Å²) in [6.45, 7) is 6.87. The second-order valence-corrected chi connectivity index (χ2v) is 8.11. The van der Waals surface area contributed by atoms with E-state index in [4.69, 9.17) is 14.7 Å². The second kappa shape index (κ2) is 7.47. The van der Waals surface area contributed by atoms with Crippen LogP contribution in [0.25, 0.3) is 0 Å². The number of carbonyl (C=O) groups is 1. The predicted molar refractivity (Wildman–Crippen MR) is 87.4 cm³/mol. The third-order valence-electron chi connectivity index (χ3n) is 4.64. The van der Waals surface area contributed by atoms with Crippen LogP contribution in [0.2, 0.25) is 0 Å². The maximum absolute atomic E-state index is 11.0. The highest BCUT2D eigenvalue weighted by Crippen LogP contribution is 2.46. The molecule has 1 fully saturated rings. The van der Waals surface area contributed by atoms with Gasteiger partial charge >= 0.3 is 5.97 Å². The number of aliphatic hydroxyl groups is 1. The predicted octanol–water partition coefficient (Wildman–Crippen LogP) is 3.94. The largest absolute Gasteiger partial charge is 0.481 e. The molecule has 23 heavy (non-hydrogen) atoms. The van der Waals surface area contributed by atoms with Crippen molar-refractivity contribution < 1.29 is 19.5 Å². The Balaban J connectivity index is 1.93. The highest BCUT2D eigenvalue weighted by molar-refractivity contribution is 5.67. The molecule has 0 radical (unpaired) electrons. The summed E-state index contributed by atoms with van der Waals surface area (Å²) >= 11 is 0. The Kier molecular flexibility index (Phi) is 5.84. The maximum atomic E-state index is 11.0. The Labute approximate surface area is 138 Å². The van der Waals surface area contributed by atoms with Crippen LogP contribution in [0.1, 0.15) is 82.6 Å². The Bertz CT molecular complexity index is 511. The lowest BCUT2D eigenvalue weighted by atomic mass is 9.67. The van der Waals surface area contributed by atoms with Gasteiger partial charge in [-0.05, 0) is 43.4 Å². The molecular formula is C18H29NO4. The average Bonchev–Trinajstić information content (AvgIpc) is 2.86. The standard InChI is InChI=1S/C18H29NO4/c1-18(2,3)11-12-7-14(8-12)15-10-16(23-19-15)13(5-4-6-20)9-17(21)22/h10,12-14,20H,4-9,11H2,1-3H3,(H,21,22). The van der Waals surface area contributed by atoms with Gasteiger partial charge in [0, 0.05) is 24.5 Å². The molecule has 1 unspecified atom stereocenters. The smallest absolute Gasteiger partial charge is 0.304 e. The van der Waals surface area contributed by atoms with Crippen LogP contribution in [0.5, 0.6) is 0 Å². The Morgan fingerprint density at radius 2 is 2.13 bits per heavy atom. The van der Waals surface area contributed by atoms with Crippen molar-refractivity contribution in [2.24, 2.45) is 11.3 Å². The van der Waals surface area contributed by atoms with Gasteiger partial charge in [0.05, 0.1) is 12.1 Å². The first-order valence-electron chi connectivity index (χ1n) is 8.57. The summed E-state index contributed by atoms with van der Waals surface area (Å²) in [5.41, 5.74) is 1.33. The third-order valence-corrected chi connectivity index (χ3v) is 4.64. The molecule has 5 heteroatoms. The van der Waals surface area contributed by atoms with Gasteiger partial charge in [-0.15, -0.1) is 0 Å². The van der Waals surface area contributed by atoms with E-state index in [9.17, 15) is 4.79 Å². The van der Waals surface area contributed by atoms with E-state index in [0.29, 0.717) is 29.9 Å². The number of rotatable bonds is 8. The highest BCUT2D eigenvalue weighted by Gasteiger charge is 2.35. The summed E-state index contributed by atoms with van der Waals surface area (Å²) in [6.07, 6.45) is 4.71. The molecule has 1 aromatic heterocycles. The van der Waals surface area contributed by atoms with Gasteiger partial charge in [-0.3, -0.25) is 4.79 Å². The van der Waals surface area contributed by atoms with Crippen molar-refractivity contribution in [1.29, 1.82) is 0 Å². The fraction of sp³-hybridized carbons (Fsp3) is 0.778. The molecule has 0 bridgehead atoms. The molecule has 0 amide bonds. The van der Waals surface area contributed by atoms with Crippen LogP contribution in [-0.2, 0) is 4.79 Å². The Morgan fingerprint density at radius 3 is 2.70 bits per heavy atom. The number of aromatic nitrogens is 1. The van der Waals surface area contributed by atoms with E-state index in [1.54, 1.807) is 0 Å². The van der Waals surface area contributed by atoms with Crippen molar-refractivity contribution in [3.63, 3.8) is 0 Å². The number of carboxylic acids is 1. The van der Waals surface area contributed by atoms with Gasteiger partial charge < -0.3 is 14.7 Å². The molecule has 0 spiro atoms. The molecule has 5 nitrogen and oxygen atoms in total. The van der Waals surface area contributed by atoms with E-state index in [1.807, 2.05) is 6.07 Å². The quantitative estimate of drug-likeness (QED) is 0.757. The highest BCUT2D eigenvalue weighted by atomic mass is 16.5. The first-order chi connectivity index (χ1) is 10.8. The molecule has 0 aromatic carbocycles. The van der Waals surface area contributed by atoms with E-state index in [2.05, 4.69) is 25.9 Å². The van der Waals surface area contributed by atoms with Gasteiger partial charge in [0.15, 0.2) is 0 Å². The topological polar surface area (TPSA) is 83.6 Å². The number of aliphatic hydroxyl groups excluding tert-OH is 1. The molecule has 1 aromatic rings. The molecule has 2 N–H and O–H groups in total. The minimum Gasteiger partial charge on any atom is -0.481 e. The summed E-state index contributed by atoms with van der Waals surface area (Å²) in [5, 5.41) is 22.2. The van der Waals surface area contributed by atoms with Crippen LogP contribution in [0.3, 0.4) is 0 Å². The minimum atomic E-state index is -0.847. The van der Waals surface area contributed by atoms with E-state index >= 15 is 0 Å². The van der Waals surface area contributed by atoms with Crippen molar-refractivity contribution in [2.45, 2.75) is 71.1 Å². The second-order valence-electron chi connectivity index (χ2n) is 8.11. The van der Waals surface area contributed by atoms with Crippen LogP contribution in [0.4, 0.5) is 0 Å². The van der Waals surface area contributed by atoms with E-state index in [0.717, 1.165) is 24.5 Å². The van der Waals surface area contributed by atoms with Crippen molar-refractivity contribution in [1.82, 2.24) is 5.16 Å². The van der Waals surface area contributed by atoms with Gasteiger partial charge in [0.1, 0.15) is 5.76 Å². The Hall–Kier alpha value is -1.36. The van der Waals surface area contributed by atoms with Crippen LogP contribution < -0.4 is 0 Å². The lowest BCUT2D eigenvalue weighted by Crippen LogP contribution is -2.26. The first-order valence-corrected chi connectivity index (χ1v) is 8.57. The SMILES string of the molecule is CC(C)(C)CC1CC(c2cc(C(CCCO)CC(=O)O)on2)C1. The van der Waals surface area contributed by atoms with E-state index < -0.39 is 5.97 Å². The van der Waals surface area contributed by atoms with E-state index in [-0.39, 0.29) is 18.9 Å². The summed E-state index contributed by atoms with van der Waals surface area (Å²) in [4.78, 5) is 11.0. The lowest BCUT2D eigenvalue weighted by Gasteiger charge is -2.37. The zero-order valence-corrected chi connectivity index (χ0v) is 14.4. The van der Waals surface area contributed by atoms with Crippen molar-refractivity contribution in [2.75, 3.05) is 6.61 Å². The average molecular weight is 323 g/mol. The molecule has 1 heterocycles. The van der Waals surface area contributed by atoms with Crippen molar-refractivity contribution in [3.8, 4) is 0 Å². The van der Waals surface area contributed by atoms with Crippen LogP contribution in [0.15, 0.2) is 10.6 Å². The van der Waals surface area contributed by atoms with Gasteiger partial charge in [-0.1, -0.05) is 25.9 Å². The molecule has 1 aliphatic carbocycles. The number of carboxylic acid groups (broad SMARTS) is 1.